The largest absolute Gasteiger partial charge is 0.0651 e. The highest BCUT2D eigenvalue weighted by Crippen LogP contribution is 2.54. The first kappa shape index (κ1) is 12.5. The van der Waals surface area contributed by atoms with Gasteiger partial charge in [0.25, 0.3) is 0 Å². The molecule has 2 aromatic rings. The van der Waals surface area contributed by atoms with E-state index in [0.717, 1.165) is 11.8 Å². The fourth-order valence-electron chi connectivity index (χ4n) is 2.97. The molecule has 3 rings (SSSR count). The van der Waals surface area contributed by atoms with Crippen molar-refractivity contribution in [3.63, 3.8) is 0 Å². The van der Waals surface area contributed by atoms with Crippen molar-refractivity contribution in [1.29, 1.82) is 0 Å². The molecule has 1 unspecified atom stereocenters. The summed E-state index contributed by atoms with van der Waals surface area (Å²) in [7, 11) is 0. The van der Waals surface area contributed by atoms with Crippen molar-refractivity contribution in [2.24, 2.45) is 0 Å². The third-order valence-corrected chi connectivity index (χ3v) is 4.24. The summed E-state index contributed by atoms with van der Waals surface area (Å²) in [6, 6.07) is 18.3. The van der Waals surface area contributed by atoms with Gasteiger partial charge in [0.05, 0.1) is 0 Å². The van der Waals surface area contributed by atoms with E-state index in [9.17, 15) is 0 Å². The summed E-state index contributed by atoms with van der Waals surface area (Å²) in [6.45, 7) is 4.39. The van der Waals surface area contributed by atoms with Crippen LogP contribution in [0, 0.1) is 6.92 Å². The quantitative estimate of drug-likeness (QED) is 0.698. The Morgan fingerprint density at radius 3 is 1.89 bits per heavy atom. The van der Waals surface area contributed by atoms with Gasteiger partial charge in [-0.1, -0.05) is 67.4 Å². The first-order chi connectivity index (χ1) is 9.28. The second-order valence-electron chi connectivity index (χ2n) is 5.85. The average Bonchev–Trinajstić information content (AvgIpc) is 3.21. The minimum Gasteiger partial charge on any atom is -0.0651 e. The third kappa shape index (κ3) is 2.73. The molecule has 1 aliphatic carbocycles. The lowest BCUT2D eigenvalue weighted by Crippen LogP contribution is -1.87. The Kier molecular flexibility index (Phi) is 3.42. The molecule has 0 heteroatoms. The summed E-state index contributed by atoms with van der Waals surface area (Å²) >= 11 is 0. The Bertz CT molecular complexity index is 533. The highest BCUT2D eigenvalue weighted by atomic mass is 14.4. The summed E-state index contributed by atoms with van der Waals surface area (Å²) < 4.78 is 0. The number of rotatable bonds is 4. The van der Waals surface area contributed by atoms with Crippen molar-refractivity contribution in [3.8, 4) is 0 Å². The number of hydrogen-bond donors (Lipinski definition) is 0. The van der Waals surface area contributed by atoms with Crippen LogP contribution in [-0.2, 0) is 6.42 Å². The van der Waals surface area contributed by atoms with E-state index < -0.39 is 0 Å². The van der Waals surface area contributed by atoms with Gasteiger partial charge in [0.15, 0.2) is 0 Å². The smallest absolute Gasteiger partial charge is 0.00868 e. The first-order valence-electron chi connectivity index (χ1n) is 7.43. The van der Waals surface area contributed by atoms with Gasteiger partial charge in [0.2, 0.25) is 0 Å². The van der Waals surface area contributed by atoms with Crippen LogP contribution < -0.4 is 0 Å². The van der Waals surface area contributed by atoms with Crippen LogP contribution in [0.3, 0.4) is 0 Å². The number of benzene rings is 2. The predicted octanol–water partition coefficient (Wildman–Crippen LogP) is 5.22. The first-order valence-corrected chi connectivity index (χ1v) is 7.43. The Morgan fingerprint density at radius 1 is 0.842 bits per heavy atom. The Labute approximate surface area is 116 Å². The van der Waals surface area contributed by atoms with E-state index in [1.54, 1.807) is 0 Å². The lowest BCUT2D eigenvalue weighted by molar-refractivity contribution is 0.918. The Hall–Kier alpha value is -1.56. The average molecular weight is 250 g/mol. The molecule has 0 saturated heterocycles. The maximum absolute atomic E-state index is 2.34. The van der Waals surface area contributed by atoms with Crippen LogP contribution in [-0.4, -0.2) is 0 Å². The molecule has 1 saturated carbocycles. The van der Waals surface area contributed by atoms with Gasteiger partial charge in [0.1, 0.15) is 0 Å². The van der Waals surface area contributed by atoms with Crippen LogP contribution in [0.2, 0.25) is 0 Å². The molecule has 1 aliphatic rings. The normalized spacial score (nSPS) is 21.4. The molecule has 98 valence electrons. The molecule has 0 spiro atoms. The molecule has 0 radical (unpaired) electrons. The van der Waals surface area contributed by atoms with Gasteiger partial charge in [-0.05, 0) is 48.3 Å². The minimum atomic E-state index is 0.748. The van der Waals surface area contributed by atoms with Gasteiger partial charge in [-0.25, -0.2) is 0 Å². The van der Waals surface area contributed by atoms with E-state index in [1.165, 1.54) is 41.5 Å². The van der Waals surface area contributed by atoms with Crippen LogP contribution in [0.5, 0.6) is 0 Å². The number of hydrogen-bond acceptors (Lipinski definition) is 0. The van der Waals surface area contributed by atoms with Crippen LogP contribution in [0.1, 0.15) is 53.9 Å². The standard InChI is InChI=1S/C19H22/c1-3-4-15-7-11-17(12-8-15)19-13-18(19)16-9-5-14(2)6-10-16/h5-12,18-19H,3-4,13H2,1-2H3/t18-,19?/m0/s1. The second-order valence-corrected chi connectivity index (χ2v) is 5.85. The van der Waals surface area contributed by atoms with Crippen molar-refractivity contribution in [2.45, 2.75) is 44.9 Å². The Morgan fingerprint density at radius 2 is 1.37 bits per heavy atom. The molecule has 19 heavy (non-hydrogen) atoms. The van der Waals surface area contributed by atoms with Crippen LogP contribution >= 0.6 is 0 Å². The number of aryl methyl sites for hydroxylation is 2. The summed E-state index contributed by atoms with van der Waals surface area (Å²) in [5, 5.41) is 0. The van der Waals surface area contributed by atoms with Crippen molar-refractivity contribution in [2.75, 3.05) is 0 Å². The molecule has 2 atom stereocenters. The molecular formula is C19H22. The molecule has 0 bridgehead atoms. The monoisotopic (exact) mass is 250 g/mol. The van der Waals surface area contributed by atoms with E-state index in [4.69, 9.17) is 0 Å². The van der Waals surface area contributed by atoms with Gasteiger partial charge < -0.3 is 0 Å². The zero-order valence-electron chi connectivity index (χ0n) is 11.9. The summed E-state index contributed by atoms with van der Waals surface area (Å²) in [4.78, 5) is 0. The molecule has 0 heterocycles. The lowest BCUT2D eigenvalue weighted by atomic mass is 10.0. The highest BCUT2D eigenvalue weighted by molar-refractivity contribution is 5.38. The van der Waals surface area contributed by atoms with E-state index in [-0.39, 0.29) is 0 Å². The summed E-state index contributed by atoms with van der Waals surface area (Å²) in [6.07, 6.45) is 3.75. The summed E-state index contributed by atoms with van der Waals surface area (Å²) in [5.74, 6) is 1.50. The van der Waals surface area contributed by atoms with Gasteiger partial charge in [0, 0.05) is 0 Å². The predicted molar refractivity (Wildman–Crippen MR) is 81.7 cm³/mol. The maximum Gasteiger partial charge on any atom is -0.00868 e. The minimum absolute atomic E-state index is 0.748. The fraction of sp³-hybridized carbons (Fsp3) is 0.368. The van der Waals surface area contributed by atoms with E-state index in [1.807, 2.05) is 0 Å². The van der Waals surface area contributed by atoms with Crippen LogP contribution in [0.15, 0.2) is 48.5 Å². The third-order valence-electron chi connectivity index (χ3n) is 4.24. The highest BCUT2D eigenvalue weighted by Gasteiger charge is 2.39. The van der Waals surface area contributed by atoms with Crippen LogP contribution in [0.4, 0.5) is 0 Å². The maximum atomic E-state index is 2.34. The zero-order valence-corrected chi connectivity index (χ0v) is 11.9. The van der Waals surface area contributed by atoms with E-state index in [0.29, 0.717) is 0 Å². The Balaban J connectivity index is 1.70. The SMILES string of the molecule is CCCc1ccc(C2C[C@H]2c2ccc(C)cc2)cc1. The molecule has 0 amide bonds. The molecule has 0 N–H and O–H groups in total. The van der Waals surface area contributed by atoms with Gasteiger partial charge >= 0.3 is 0 Å². The van der Waals surface area contributed by atoms with Crippen LogP contribution in [0.25, 0.3) is 0 Å². The van der Waals surface area contributed by atoms with Gasteiger partial charge in [-0.3, -0.25) is 0 Å². The molecule has 1 fully saturated rings. The fourth-order valence-corrected chi connectivity index (χ4v) is 2.97. The second kappa shape index (κ2) is 5.21. The van der Waals surface area contributed by atoms with E-state index in [2.05, 4.69) is 62.4 Å². The lowest BCUT2D eigenvalue weighted by Gasteiger charge is -2.04. The van der Waals surface area contributed by atoms with Crippen molar-refractivity contribution in [1.82, 2.24) is 0 Å². The van der Waals surface area contributed by atoms with E-state index >= 15 is 0 Å². The molecule has 0 aliphatic heterocycles. The molecular weight excluding hydrogens is 228 g/mol. The van der Waals surface area contributed by atoms with Crippen molar-refractivity contribution >= 4 is 0 Å². The van der Waals surface area contributed by atoms with Crippen molar-refractivity contribution < 1.29 is 0 Å². The molecule has 0 nitrogen and oxygen atoms in total. The van der Waals surface area contributed by atoms with Gasteiger partial charge in [-0.2, -0.15) is 0 Å². The van der Waals surface area contributed by atoms with Crippen molar-refractivity contribution in [3.05, 3.63) is 70.8 Å². The zero-order chi connectivity index (χ0) is 13.2. The summed E-state index contributed by atoms with van der Waals surface area (Å²) in [5.41, 5.74) is 5.85. The molecule has 0 aromatic heterocycles. The van der Waals surface area contributed by atoms with Gasteiger partial charge in [-0.15, -0.1) is 0 Å². The molecule has 2 aromatic carbocycles. The topological polar surface area (TPSA) is 0 Å².